The van der Waals surface area contributed by atoms with E-state index in [9.17, 15) is 9.18 Å². The summed E-state index contributed by atoms with van der Waals surface area (Å²) < 4.78 is 14.2. The molecule has 2 aromatic rings. The number of rotatable bonds is 3. The Bertz CT molecular complexity index is 619. The number of pyridine rings is 1. The number of hydrogen-bond acceptors (Lipinski definition) is 3. The van der Waals surface area contributed by atoms with E-state index in [0.29, 0.717) is 15.9 Å². The van der Waals surface area contributed by atoms with Gasteiger partial charge in [0, 0.05) is 17.7 Å². The average Bonchev–Trinajstić information content (AvgIpc) is 2.42. The molecule has 1 amide bonds. The molecule has 0 atom stereocenters. The molecular formula is C13H11BrFN3O. The second-order valence-electron chi connectivity index (χ2n) is 3.73. The highest BCUT2D eigenvalue weighted by atomic mass is 79.9. The Morgan fingerprint density at radius 3 is 2.89 bits per heavy atom. The van der Waals surface area contributed by atoms with E-state index in [1.807, 2.05) is 0 Å². The number of carbonyl (C=O) groups excluding carboxylic acids is 1. The van der Waals surface area contributed by atoms with Crippen molar-refractivity contribution in [3.8, 4) is 0 Å². The van der Waals surface area contributed by atoms with Crippen LogP contribution in [0.3, 0.4) is 0 Å². The molecule has 2 rings (SSSR count). The fourth-order valence-corrected chi connectivity index (χ4v) is 1.93. The Labute approximate surface area is 118 Å². The van der Waals surface area contributed by atoms with Crippen molar-refractivity contribution in [3.63, 3.8) is 0 Å². The largest absolute Gasteiger partial charge is 0.372 e. The van der Waals surface area contributed by atoms with Crippen molar-refractivity contribution in [2.45, 2.75) is 0 Å². The zero-order valence-electron chi connectivity index (χ0n) is 10.1. The van der Waals surface area contributed by atoms with E-state index >= 15 is 0 Å². The molecule has 0 fully saturated rings. The summed E-state index contributed by atoms with van der Waals surface area (Å²) >= 11 is 3.23. The fraction of sp³-hybridized carbons (Fsp3) is 0.0769. The second kappa shape index (κ2) is 5.79. The lowest BCUT2D eigenvalue weighted by atomic mass is 10.2. The van der Waals surface area contributed by atoms with Gasteiger partial charge in [0.1, 0.15) is 11.6 Å². The smallest absolute Gasteiger partial charge is 0.259 e. The first-order valence-corrected chi connectivity index (χ1v) is 6.30. The van der Waals surface area contributed by atoms with Gasteiger partial charge in [-0.05, 0) is 30.3 Å². The van der Waals surface area contributed by atoms with Crippen LogP contribution in [0, 0.1) is 5.82 Å². The highest BCUT2D eigenvalue weighted by Gasteiger charge is 2.13. The van der Waals surface area contributed by atoms with Gasteiger partial charge in [-0.3, -0.25) is 4.79 Å². The molecule has 0 bridgehead atoms. The van der Waals surface area contributed by atoms with Crippen molar-refractivity contribution in [3.05, 3.63) is 52.4 Å². The van der Waals surface area contributed by atoms with Crippen LogP contribution in [0.4, 0.5) is 15.9 Å². The lowest BCUT2D eigenvalue weighted by Gasteiger charge is -2.09. The van der Waals surface area contributed by atoms with Crippen molar-refractivity contribution in [1.82, 2.24) is 4.98 Å². The minimum absolute atomic E-state index is 0.116. The zero-order valence-corrected chi connectivity index (χ0v) is 11.7. The predicted molar refractivity (Wildman–Crippen MR) is 75.8 cm³/mol. The lowest BCUT2D eigenvalue weighted by Crippen LogP contribution is -2.15. The van der Waals surface area contributed by atoms with Gasteiger partial charge in [-0.15, -0.1) is 0 Å². The molecule has 19 heavy (non-hydrogen) atoms. The van der Waals surface area contributed by atoms with Crippen LogP contribution in [-0.4, -0.2) is 17.9 Å². The molecule has 0 radical (unpaired) electrons. The first kappa shape index (κ1) is 13.5. The molecule has 1 aromatic carbocycles. The summed E-state index contributed by atoms with van der Waals surface area (Å²) in [7, 11) is 1.67. The van der Waals surface area contributed by atoms with Crippen LogP contribution < -0.4 is 10.6 Å². The third-order valence-electron chi connectivity index (χ3n) is 2.47. The van der Waals surface area contributed by atoms with Crippen LogP contribution in [0.2, 0.25) is 0 Å². The molecule has 0 aliphatic carbocycles. The number of halogens is 2. The molecule has 0 unspecified atom stereocenters. The van der Waals surface area contributed by atoms with Crippen LogP contribution >= 0.6 is 15.9 Å². The topological polar surface area (TPSA) is 54.0 Å². The van der Waals surface area contributed by atoms with Gasteiger partial charge < -0.3 is 10.6 Å². The van der Waals surface area contributed by atoms with Crippen molar-refractivity contribution in [1.29, 1.82) is 0 Å². The van der Waals surface area contributed by atoms with E-state index in [0.717, 1.165) is 0 Å². The van der Waals surface area contributed by atoms with Gasteiger partial charge in [-0.2, -0.15) is 0 Å². The van der Waals surface area contributed by atoms with E-state index in [-0.39, 0.29) is 5.69 Å². The minimum Gasteiger partial charge on any atom is -0.372 e. The molecule has 6 heteroatoms. The Hall–Kier alpha value is -1.95. The van der Waals surface area contributed by atoms with Crippen molar-refractivity contribution < 1.29 is 9.18 Å². The van der Waals surface area contributed by atoms with Crippen molar-refractivity contribution in [2.75, 3.05) is 17.7 Å². The monoisotopic (exact) mass is 323 g/mol. The Kier molecular flexibility index (Phi) is 4.11. The average molecular weight is 324 g/mol. The molecule has 1 aromatic heterocycles. The van der Waals surface area contributed by atoms with Crippen LogP contribution in [0.1, 0.15) is 10.4 Å². The number of hydrogen-bond donors (Lipinski definition) is 2. The number of nitrogens with zero attached hydrogens (tertiary/aromatic N) is 1. The number of carbonyl (C=O) groups is 1. The summed E-state index contributed by atoms with van der Waals surface area (Å²) in [4.78, 5) is 16.1. The van der Waals surface area contributed by atoms with Gasteiger partial charge in [0.2, 0.25) is 0 Å². The molecule has 4 nitrogen and oxygen atoms in total. The summed E-state index contributed by atoms with van der Waals surface area (Å²) in [5.74, 6) is -0.476. The molecule has 0 saturated heterocycles. The maximum Gasteiger partial charge on any atom is 0.259 e. The van der Waals surface area contributed by atoms with E-state index in [4.69, 9.17) is 0 Å². The normalized spacial score (nSPS) is 10.1. The summed E-state index contributed by atoms with van der Waals surface area (Å²) in [6.45, 7) is 0. The first-order valence-electron chi connectivity index (χ1n) is 5.51. The highest BCUT2D eigenvalue weighted by Crippen LogP contribution is 2.21. The summed E-state index contributed by atoms with van der Waals surface area (Å²) in [6, 6.07) is 7.61. The number of aromatic nitrogens is 1. The van der Waals surface area contributed by atoms with Gasteiger partial charge in [0.25, 0.3) is 5.91 Å². The van der Waals surface area contributed by atoms with Crippen LogP contribution in [-0.2, 0) is 0 Å². The summed E-state index contributed by atoms with van der Waals surface area (Å²) in [5, 5.41) is 5.33. The number of anilines is 2. The van der Waals surface area contributed by atoms with E-state index in [1.54, 1.807) is 31.4 Å². The molecule has 0 saturated carbocycles. The van der Waals surface area contributed by atoms with Crippen molar-refractivity contribution in [2.24, 2.45) is 0 Å². The van der Waals surface area contributed by atoms with Crippen molar-refractivity contribution >= 4 is 33.3 Å². The maximum absolute atomic E-state index is 13.6. The quantitative estimate of drug-likeness (QED) is 0.911. The maximum atomic E-state index is 13.6. The number of benzene rings is 1. The van der Waals surface area contributed by atoms with Gasteiger partial charge >= 0.3 is 0 Å². The molecule has 98 valence electrons. The second-order valence-corrected chi connectivity index (χ2v) is 4.64. The highest BCUT2D eigenvalue weighted by molar-refractivity contribution is 9.10. The first-order chi connectivity index (χ1) is 9.11. The number of nitrogens with one attached hydrogen (secondary N) is 2. The van der Waals surface area contributed by atoms with E-state index in [1.165, 1.54) is 12.1 Å². The van der Waals surface area contributed by atoms with Gasteiger partial charge in [-0.25, -0.2) is 9.37 Å². The molecular weight excluding hydrogens is 313 g/mol. The molecule has 2 N–H and O–H groups in total. The Morgan fingerprint density at radius 2 is 2.16 bits per heavy atom. The zero-order chi connectivity index (χ0) is 13.8. The Morgan fingerprint density at radius 1 is 1.37 bits per heavy atom. The van der Waals surface area contributed by atoms with Crippen LogP contribution in [0.5, 0.6) is 0 Å². The van der Waals surface area contributed by atoms with Crippen LogP contribution in [0.15, 0.2) is 41.0 Å². The van der Waals surface area contributed by atoms with E-state index < -0.39 is 11.7 Å². The Balaban J connectivity index is 2.28. The summed E-state index contributed by atoms with van der Waals surface area (Å²) in [6.07, 6.45) is 1.57. The molecule has 1 heterocycles. The number of amides is 1. The summed E-state index contributed by atoms with van der Waals surface area (Å²) in [5.41, 5.74) is 0.467. The van der Waals surface area contributed by atoms with Gasteiger partial charge in [-0.1, -0.05) is 15.9 Å². The van der Waals surface area contributed by atoms with Gasteiger partial charge in [0.05, 0.1) is 11.3 Å². The molecule has 0 aliphatic heterocycles. The molecule has 0 spiro atoms. The lowest BCUT2D eigenvalue weighted by molar-refractivity contribution is 0.102. The predicted octanol–water partition coefficient (Wildman–Crippen LogP) is 3.28. The minimum atomic E-state index is -0.494. The third-order valence-corrected chi connectivity index (χ3v) is 2.96. The van der Waals surface area contributed by atoms with Gasteiger partial charge in [0.15, 0.2) is 0 Å². The molecule has 0 aliphatic rings. The fourth-order valence-electron chi connectivity index (χ4n) is 1.57. The standard InChI is InChI=1S/C13H11BrFN3O/c1-16-12-9(3-2-6-17-12)13(19)18-11-7-8(14)4-5-10(11)15/h2-7H,1H3,(H,16,17)(H,18,19). The van der Waals surface area contributed by atoms with E-state index in [2.05, 4.69) is 31.5 Å². The third kappa shape index (κ3) is 3.08. The SMILES string of the molecule is CNc1ncccc1C(=O)Nc1cc(Br)ccc1F. The van der Waals surface area contributed by atoms with Crippen LogP contribution in [0.25, 0.3) is 0 Å².